The summed E-state index contributed by atoms with van der Waals surface area (Å²) in [5, 5.41) is 0. The van der Waals surface area contributed by atoms with Gasteiger partial charge in [-0.25, -0.2) is 8.78 Å². The van der Waals surface area contributed by atoms with E-state index in [-0.39, 0.29) is 16.9 Å². The first-order chi connectivity index (χ1) is 14.1. The maximum Gasteiger partial charge on any atom is 0.279 e. The van der Waals surface area contributed by atoms with Crippen molar-refractivity contribution >= 4 is 27.5 Å². The minimum absolute atomic E-state index is 0.199. The molecule has 0 atom stereocenters. The molecule has 4 rings (SSSR count). The Morgan fingerprint density at radius 2 is 2.00 bits per heavy atom. The average Bonchev–Trinajstić information content (AvgIpc) is 3.04. The number of amides is 1. The number of halogens is 2. The minimum atomic E-state index is -0.707. The van der Waals surface area contributed by atoms with Crippen LogP contribution in [0.2, 0.25) is 0 Å². The predicted octanol–water partition coefficient (Wildman–Crippen LogP) is 3.53. The fraction of sp³-hybridized carbons (Fsp3) is 0.300. The molecule has 0 saturated heterocycles. The minimum Gasteiger partial charge on any atom is -0.486 e. The first-order valence-electron chi connectivity index (χ1n) is 9.11. The molecule has 0 unspecified atom stereocenters. The number of hydrogen-bond acceptors (Lipinski definition) is 5. The van der Waals surface area contributed by atoms with E-state index in [9.17, 15) is 13.6 Å². The molecule has 1 amide bonds. The van der Waals surface area contributed by atoms with Crippen molar-refractivity contribution in [3.05, 3.63) is 52.3 Å². The molecule has 9 heteroatoms. The molecule has 0 saturated carbocycles. The quantitative estimate of drug-likeness (QED) is 0.593. The number of ether oxygens (including phenoxy) is 3. The van der Waals surface area contributed by atoms with Crippen LogP contribution in [0.3, 0.4) is 0 Å². The standard InChI is InChI=1S/C20H18F2N2O4S/c1-2-26-6-5-24-18-14(22)10-13(21)11-17(18)29-20(24)23-19(25)12-3-4-15-16(9-12)28-8-7-27-15/h3-4,9-11H,2,5-8H2,1H3. The first kappa shape index (κ1) is 19.5. The lowest BCUT2D eigenvalue weighted by Gasteiger charge is -2.18. The second kappa shape index (κ2) is 8.30. The smallest absolute Gasteiger partial charge is 0.279 e. The Morgan fingerprint density at radius 3 is 2.79 bits per heavy atom. The van der Waals surface area contributed by atoms with Crippen LogP contribution in [0.25, 0.3) is 10.2 Å². The van der Waals surface area contributed by atoms with Crippen molar-refractivity contribution in [3.8, 4) is 11.5 Å². The lowest BCUT2D eigenvalue weighted by Crippen LogP contribution is -2.20. The van der Waals surface area contributed by atoms with Gasteiger partial charge in [0, 0.05) is 24.8 Å². The Labute approximate surface area is 169 Å². The molecule has 0 aliphatic carbocycles. The zero-order valence-corrected chi connectivity index (χ0v) is 16.4. The maximum absolute atomic E-state index is 14.4. The summed E-state index contributed by atoms with van der Waals surface area (Å²) >= 11 is 1.05. The molecule has 0 fully saturated rings. The number of thiazole rings is 1. The van der Waals surface area contributed by atoms with Crippen LogP contribution < -0.4 is 14.3 Å². The maximum atomic E-state index is 14.4. The van der Waals surface area contributed by atoms with Gasteiger partial charge in [0.1, 0.15) is 19.0 Å². The van der Waals surface area contributed by atoms with Crippen molar-refractivity contribution in [1.29, 1.82) is 0 Å². The Hall–Kier alpha value is -2.78. The van der Waals surface area contributed by atoms with Crippen molar-refractivity contribution in [2.75, 3.05) is 26.4 Å². The number of carbonyl (C=O) groups is 1. The summed E-state index contributed by atoms with van der Waals surface area (Å²) < 4.78 is 46.3. The predicted molar refractivity (Wildman–Crippen MR) is 104 cm³/mol. The van der Waals surface area contributed by atoms with E-state index in [1.165, 1.54) is 6.07 Å². The average molecular weight is 420 g/mol. The number of benzene rings is 2. The largest absolute Gasteiger partial charge is 0.486 e. The highest BCUT2D eigenvalue weighted by Crippen LogP contribution is 2.31. The van der Waals surface area contributed by atoms with E-state index in [4.69, 9.17) is 14.2 Å². The van der Waals surface area contributed by atoms with Crippen LogP contribution in [0, 0.1) is 11.6 Å². The van der Waals surface area contributed by atoms with Crippen LogP contribution >= 0.6 is 11.3 Å². The molecule has 0 spiro atoms. The topological polar surface area (TPSA) is 62.1 Å². The van der Waals surface area contributed by atoms with Gasteiger partial charge >= 0.3 is 0 Å². The summed E-state index contributed by atoms with van der Waals surface area (Å²) in [5.74, 6) is -0.858. The summed E-state index contributed by atoms with van der Waals surface area (Å²) in [4.78, 5) is 17.2. The number of rotatable bonds is 5. The third-order valence-electron chi connectivity index (χ3n) is 4.34. The molecule has 0 bridgehead atoms. The van der Waals surface area contributed by atoms with Crippen molar-refractivity contribution in [1.82, 2.24) is 4.57 Å². The van der Waals surface area contributed by atoms with Crippen LogP contribution in [0.5, 0.6) is 11.5 Å². The van der Waals surface area contributed by atoms with Crippen molar-refractivity contribution in [2.45, 2.75) is 13.5 Å². The van der Waals surface area contributed by atoms with Crippen LogP contribution in [-0.4, -0.2) is 36.9 Å². The van der Waals surface area contributed by atoms with Gasteiger partial charge in [-0.05, 0) is 31.2 Å². The lowest BCUT2D eigenvalue weighted by molar-refractivity contribution is 0.0995. The summed E-state index contributed by atoms with van der Waals surface area (Å²) in [5.41, 5.74) is 0.513. The van der Waals surface area contributed by atoms with E-state index in [1.54, 1.807) is 22.8 Å². The van der Waals surface area contributed by atoms with Gasteiger partial charge in [-0.15, -0.1) is 0 Å². The molecule has 1 aliphatic rings. The Kier molecular flexibility index (Phi) is 5.59. The second-order valence-corrected chi connectivity index (χ2v) is 7.25. The first-order valence-corrected chi connectivity index (χ1v) is 9.93. The Balaban J connectivity index is 1.77. The van der Waals surface area contributed by atoms with E-state index >= 15 is 0 Å². The molecule has 2 heterocycles. The molecular weight excluding hydrogens is 402 g/mol. The number of hydrogen-bond donors (Lipinski definition) is 0. The van der Waals surface area contributed by atoms with Crippen molar-refractivity contribution in [3.63, 3.8) is 0 Å². The molecule has 0 N–H and O–H groups in total. The SMILES string of the molecule is CCOCCn1c(=NC(=O)c2ccc3c(c2)OCCO3)sc2cc(F)cc(F)c21. The van der Waals surface area contributed by atoms with Crippen molar-refractivity contribution < 1.29 is 27.8 Å². The van der Waals surface area contributed by atoms with E-state index in [0.717, 1.165) is 17.4 Å². The molecule has 152 valence electrons. The number of fused-ring (bicyclic) bond motifs is 2. The van der Waals surface area contributed by atoms with Gasteiger partial charge < -0.3 is 18.8 Å². The van der Waals surface area contributed by atoms with E-state index in [1.807, 2.05) is 6.92 Å². The normalized spacial score (nSPS) is 13.8. The third kappa shape index (κ3) is 4.01. The third-order valence-corrected chi connectivity index (χ3v) is 5.37. The van der Waals surface area contributed by atoms with E-state index < -0.39 is 17.5 Å². The van der Waals surface area contributed by atoms with Gasteiger partial charge in [-0.3, -0.25) is 4.79 Å². The summed E-state index contributed by atoms with van der Waals surface area (Å²) in [6.45, 7) is 3.80. The molecular formula is C20H18F2N2O4S. The van der Waals surface area contributed by atoms with Crippen LogP contribution in [0.15, 0.2) is 35.3 Å². The monoisotopic (exact) mass is 420 g/mol. The van der Waals surface area contributed by atoms with Gasteiger partial charge in [-0.2, -0.15) is 4.99 Å². The van der Waals surface area contributed by atoms with Gasteiger partial charge in [0.25, 0.3) is 5.91 Å². The number of carbonyl (C=O) groups excluding carboxylic acids is 1. The molecule has 1 aliphatic heterocycles. The van der Waals surface area contributed by atoms with Gasteiger partial charge in [-0.1, -0.05) is 11.3 Å². The van der Waals surface area contributed by atoms with E-state index in [2.05, 4.69) is 4.99 Å². The Morgan fingerprint density at radius 1 is 1.21 bits per heavy atom. The van der Waals surface area contributed by atoms with Crippen LogP contribution in [-0.2, 0) is 11.3 Å². The zero-order valence-electron chi connectivity index (χ0n) is 15.6. The number of aromatic nitrogens is 1. The highest BCUT2D eigenvalue weighted by atomic mass is 32.1. The molecule has 1 aromatic heterocycles. The molecule has 2 aromatic carbocycles. The highest BCUT2D eigenvalue weighted by Gasteiger charge is 2.17. The van der Waals surface area contributed by atoms with Gasteiger partial charge in [0.05, 0.1) is 16.8 Å². The molecule has 6 nitrogen and oxygen atoms in total. The molecule has 3 aromatic rings. The summed E-state index contributed by atoms with van der Waals surface area (Å²) in [6.07, 6.45) is 0. The van der Waals surface area contributed by atoms with Gasteiger partial charge in [0.2, 0.25) is 0 Å². The van der Waals surface area contributed by atoms with E-state index in [0.29, 0.717) is 48.2 Å². The van der Waals surface area contributed by atoms with Gasteiger partial charge in [0.15, 0.2) is 22.1 Å². The summed E-state index contributed by atoms with van der Waals surface area (Å²) in [6, 6.07) is 6.86. The zero-order chi connectivity index (χ0) is 20.4. The van der Waals surface area contributed by atoms with Crippen LogP contribution in [0.1, 0.15) is 17.3 Å². The summed E-state index contributed by atoms with van der Waals surface area (Å²) in [7, 11) is 0. The highest BCUT2D eigenvalue weighted by molar-refractivity contribution is 7.16. The number of nitrogens with zero attached hydrogens (tertiary/aromatic N) is 2. The lowest BCUT2D eigenvalue weighted by atomic mass is 10.2. The molecule has 0 radical (unpaired) electrons. The fourth-order valence-electron chi connectivity index (χ4n) is 3.05. The Bertz CT molecular complexity index is 1140. The molecule has 29 heavy (non-hydrogen) atoms. The fourth-order valence-corrected chi connectivity index (χ4v) is 4.14. The second-order valence-electron chi connectivity index (χ2n) is 6.24. The van der Waals surface area contributed by atoms with Crippen molar-refractivity contribution in [2.24, 2.45) is 4.99 Å². The van der Waals surface area contributed by atoms with Crippen LogP contribution in [0.4, 0.5) is 8.78 Å².